The minimum Gasteiger partial charge on any atom is -0.497 e. The lowest BCUT2D eigenvalue weighted by atomic mass is 10.0. The third kappa shape index (κ3) is 5.60. The minimum absolute atomic E-state index is 0.140. The highest BCUT2D eigenvalue weighted by molar-refractivity contribution is 7.89. The number of aliphatic hydroxyl groups excluding tert-OH is 1. The third-order valence-electron chi connectivity index (χ3n) is 4.77. The molecule has 0 aliphatic rings. The molecule has 0 saturated heterocycles. The Kier molecular flexibility index (Phi) is 7.10. The van der Waals surface area contributed by atoms with Crippen LogP contribution in [0.25, 0.3) is 0 Å². The second kappa shape index (κ2) is 9.75. The summed E-state index contributed by atoms with van der Waals surface area (Å²) in [4.78, 5) is 0.166. The average molecular weight is 427 g/mol. The lowest BCUT2D eigenvalue weighted by Gasteiger charge is -2.26. The van der Waals surface area contributed by atoms with E-state index in [9.17, 15) is 13.5 Å². The van der Waals surface area contributed by atoms with Gasteiger partial charge in [0.1, 0.15) is 5.75 Å². The van der Waals surface area contributed by atoms with E-state index in [4.69, 9.17) is 4.74 Å². The molecule has 158 valence electrons. The fourth-order valence-corrected chi connectivity index (χ4v) is 4.09. The molecule has 0 aromatic heterocycles. The fourth-order valence-electron chi connectivity index (χ4n) is 3.04. The number of hydrogen-bond acceptors (Lipinski definition) is 5. The first-order valence-corrected chi connectivity index (χ1v) is 11.1. The van der Waals surface area contributed by atoms with Gasteiger partial charge in [-0.15, -0.1) is 0 Å². The largest absolute Gasteiger partial charge is 0.497 e. The van der Waals surface area contributed by atoms with Crippen LogP contribution in [-0.2, 0) is 10.0 Å². The highest BCUT2D eigenvalue weighted by atomic mass is 32.2. The van der Waals surface area contributed by atoms with Crippen molar-refractivity contribution in [2.75, 3.05) is 19.0 Å². The van der Waals surface area contributed by atoms with E-state index < -0.39 is 22.2 Å². The molecule has 0 heterocycles. The second-order valence-corrected chi connectivity index (χ2v) is 8.76. The average Bonchev–Trinajstić information content (AvgIpc) is 2.77. The summed E-state index contributed by atoms with van der Waals surface area (Å²) in [6.45, 7) is 1.75. The Morgan fingerprint density at radius 1 is 0.933 bits per heavy atom. The number of ether oxygens (including phenoxy) is 1. The standard InChI is InChI=1S/C23H26N2O4S/c1-17-8-14-21(15-9-17)30(27,28)24-16-22(26)23(18-6-4-3-5-7-18)25-19-10-12-20(29-2)13-11-19/h3-15,22-26H,16H2,1-2H3. The first kappa shape index (κ1) is 21.8. The number of rotatable bonds is 9. The smallest absolute Gasteiger partial charge is 0.240 e. The van der Waals surface area contributed by atoms with Crippen molar-refractivity contribution in [3.8, 4) is 5.75 Å². The number of methoxy groups -OCH3 is 1. The maximum Gasteiger partial charge on any atom is 0.240 e. The molecule has 30 heavy (non-hydrogen) atoms. The van der Waals surface area contributed by atoms with Gasteiger partial charge in [-0.1, -0.05) is 48.0 Å². The van der Waals surface area contributed by atoms with Crippen LogP contribution in [0, 0.1) is 6.92 Å². The number of sulfonamides is 1. The molecule has 0 amide bonds. The van der Waals surface area contributed by atoms with Gasteiger partial charge in [-0.25, -0.2) is 13.1 Å². The summed E-state index contributed by atoms with van der Waals surface area (Å²) in [6, 6.07) is 22.8. The summed E-state index contributed by atoms with van der Waals surface area (Å²) in [7, 11) is -2.13. The van der Waals surface area contributed by atoms with Gasteiger partial charge in [0.05, 0.1) is 24.2 Å². The summed E-state index contributed by atoms with van der Waals surface area (Å²) < 4.78 is 32.8. The van der Waals surface area contributed by atoms with E-state index in [1.54, 1.807) is 31.4 Å². The van der Waals surface area contributed by atoms with E-state index in [0.29, 0.717) is 0 Å². The number of anilines is 1. The highest BCUT2D eigenvalue weighted by Crippen LogP contribution is 2.24. The van der Waals surface area contributed by atoms with Crippen molar-refractivity contribution in [2.24, 2.45) is 0 Å². The molecule has 2 atom stereocenters. The van der Waals surface area contributed by atoms with Crippen molar-refractivity contribution in [1.29, 1.82) is 0 Å². The molecule has 0 saturated carbocycles. The second-order valence-electron chi connectivity index (χ2n) is 6.99. The van der Waals surface area contributed by atoms with E-state index in [0.717, 1.165) is 22.6 Å². The Morgan fingerprint density at radius 3 is 2.17 bits per heavy atom. The van der Waals surface area contributed by atoms with Gasteiger partial charge in [-0.05, 0) is 48.9 Å². The van der Waals surface area contributed by atoms with Crippen molar-refractivity contribution < 1.29 is 18.3 Å². The first-order valence-electron chi connectivity index (χ1n) is 9.59. The summed E-state index contributed by atoms with van der Waals surface area (Å²) in [5.41, 5.74) is 2.60. The summed E-state index contributed by atoms with van der Waals surface area (Å²) in [6.07, 6.45) is -1.00. The van der Waals surface area contributed by atoms with E-state index in [1.807, 2.05) is 61.5 Å². The monoisotopic (exact) mass is 426 g/mol. The van der Waals surface area contributed by atoms with Gasteiger partial charge in [0.25, 0.3) is 0 Å². The fraction of sp³-hybridized carbons (Fsp3) is 0.217. The van der Waals surface area contributed by atoms with Crippen molar-refractivity contribution in [2.45, 2.75) is 24.0 Å². The number of benzene rings is 3. The number of aryl methyl sites for hydroxylation is 1. The molecule has 0 aliphatic carbocycles. The molecule has 3 aromatic rings. The molecular formula is C23H26N2O4S. The predicted molar refractivity (Wildman–Crippen MR) is 118 cm³/mol. The minimum atomic E-state index is -3.72. The third-order valence-corrected chi connectivity index (χ3v) is 6.21. The quantitative estimate of drug-likeness (QED) is 0.487. The lowest BCUT2D eigenvalue weighted by Crippen LogP contribution is -2.38. The van der Waals surface area contributed by atoms with Crippen LogP contribution in [0.5, 0.6) is 5.75 Å². The topological polar surface area (TPSA) is 87.7 Å². The van der Waals surface area contributed by atoms with Gasteiger partial charge in [0.2, 0.25) is 10.0 Å². The zero-order valence-electron chi connectivity index (χ0n) is 16.9. The molecule has 3 rings (SSSR count). The zero-order chi connectivity index (χ0) is 21.6. The maximum atomic E-state index is 12.6. The van der Waals surface area contributed by atoms with Crippen molar-refractivity contribution in [1.82, 2.24) is 4.72 Å². The van der Waals surface area contributed by atoms with Gasteiger partial charge in [0, 0.05) is 12.2 Å². The number of nitrogens with one attached hydrogen (secondary N) is 2. The first-order chi connectivity index (χ1) is 14.4. The zero-order valence-corrected chi connectivity index (χ0v) is 17.8. The Bertz CT molecular complexity index is 1040. The van der Waals surface area contributed by atoms with Crippen LogP contribution in [0.3, 0.4) is 0 Å². The van der Waals surface area contributed by atoms with Crippen molar-refractivity contribution in [3.63, 3.8) is 0 Å². The maximum absolute atomic E-state index is 12.6. The molecule has 0 radical (unpaired) electrons. The number of hydrogen-bond donors (Lipinski definition) is 3. The number of aliphatic hydroxyl groups is 1. The molecule has 0 spiro atoms. The van der Waals surface area contributed by atoms with Gasteiger partial charge in [-0.3, -0.25) is 0 Å². The van der Waals surface area contributed by atoms with Gasteiger partial charge < -0.3 is 15.2 Å². The molecule has 6 nitrogen and oxygen atoms in total. The predicted octanol–water partition coefficient (Wildman–Crippen LogP) is 3.50. The van der Waals surface area contributed by atoms with E-state index in [1.165, 1.54) is 0 Å². The van der Waals surface area contributed by atoms with E-state index in [-0.39, 0.29) is 11.4 Å². The van der Waals surface area contributed by atoms with Crippen LogP contribution in [0.15, 0.2) is 83.8 Å². The lowest BCUT2D eigenvalue weighted by molar-refractivity contribution is 0.156. The normalized spacial score (nSPS) is 13.4. The Labute approximate surface area is 177 Å². The molecule has 3 aromatic carbocycles. The van der Waals surface area contributed by atoms with Crippen molar-refractivity contribution >= 4 is 15.7 Å². The molecule has 3 N–H and O–H groups in total. The Balaban J connectivity index is 1.76. The molecular weight excluding hydrogens is 400 g/mol. The Hall–Kier alpha value is -2.87. The Morgan fingerprint density at radius 2 is 1.57 bits per heavy atom. The van der Waals surface area contributed by atoms with Gasteiger partial charge >= 0.3 is 0 Å². The molecule has 0 bridgehead atoms. The van der Waals surface area contributed by atoms with Crippen LogP contribution in [0.2, 0.25) is 0 Å². The van der Waals surface area contributed by atoms with Crippen LogP contribution in [0.1, 0.15) is 17.2 Å². The van der Waals surface area contributed by atoms with Crippen LogP contribution < -0.4 is 14.8 Å². The van der Waals surface area contributed by atoms with Gasteiger partial charge in [-0.2, -0.15) is 0 Å². The van der Waals surface area contributed by atoms with E-state index >= 15 is 0 Å². The van der Waals surface area contributed by atoms with Gasteiger partial charge in [0.15, 0.2) is 0 Å². The van der Waals surface area contributed by atoms with Crippen LogP contribution in [-0.4, -0.2) is 33.3 Å². The summed E-state index contributed by atoms with van der Waals surface area (Å²) in [5.74, 6) is 0.725. The van der Waals surface area contributed by atoms with Crippen LogP contribution >= 0.6 is 0 Å². The molecule has 7 heteroatoms. The van der Waals surface area contributed by atoms with Crippen LogP contribution in [0.4, 0.5) is 5.69 Å². The van der Waals surface area contributed by atoms with E-state index in [2.05, 4.69) is 10.0 Å². The van der Waals surface area contributed by atoms with Crippen molar-refractivity contribution in [3.05, 3.63) is 90.0 Å². The SMILES string of the molecule is COc1ccc(NC(c2ccccc2)C(O)CNS(=O)(=O)c2ccc(C)cc2)cc1. The molecule has 0 aliphatic heterocycles. The highest BCUT2D eigenvalue weighted by Gasteiger charge is 2.24. The summed E-state index contributed by atoms with van der Waals surface area (Å²) >= 11 is 0. The molecule has 0 fully saturated rings. The molecule has 2 unspecified atom stereocenters. The summed E-state index contributed by atoms with van der Waals surface area (Å²) in [5, 5.41) is 14.2.